The van der Waals surface area contributed by atoms with E-state index in [2.05, 4.69) is 10.0 Å². The predicted octanol–water partition coefficient (Wildman–Crippen LogP) is 2.05. The molecule has 1 heterocycles. The number of nitrogens with one attached hydrogen (secondary N) is 2. The number of hydrogen-bond donors (Lipinski definition) is 2. The van der Waals surface area contributed by atoms with Gasteiger partial charge in [0.05, 0.1) is 10.6 Å². The van der Waals surface area contributed by atoms with E-state index in [1.54, 1.807) is 19.9 Å². The number of rotatable bonds is 6. The summed E-state index contributed by atoms with van der Waals surface area (Å²) in [6, 6.07) is 11.2. The molecule has 1 aliphatic heterocycles. The van der Waals surface area contributed by atoms with Gasteiger partial charge >= 0.3 is 0 Å². The van der Waals surface area contributed by atoms with Crippen LogP contribution in [0.2, 0.25) is 0 Å². The summed E-state index contributed by atoms with van der Waals surface area (Å²) in [5, 5.41) is 2.75. The number of anilines is 2. The number of aryl methyl sites for hydroxylation is 1. The molecule has 0 aliphatic carbocycles. The van der Waals surface area contributed by atoms with Crippen molar-refractivity contribution in [3.05, 3.63) is 48.0 Å². The van der Waals surface area contributed by atoms with Crippen LogP contribution < -0.4 is 19.7 Å². The zero-order valence-electron chi connectivity index (χ0n) is 16.4. The molecule has 0 aromatic heterocycles. The Bertz CT molecular complexity index is 1050. The molecule has 0 saturated heterocycles. The molecule has 2 aromatic rings. The molecule has 0 bridgehead atoms. The van der Waals surface area contributed by atoms with Gasteiger partial charge in [0.2, 0.25) is 15.9 Å². The highest BCUT2D eigenvalue weighted by molar-refractivity contribution is 7.89. The van der Waals surface area contributed by atoms with E-state index in [0.29, 0.717) is 11.4 Å². The van der Waals surface area contributed by atoms with Gasteiger partial charge in [-0.2, -0.15) is 0 Å². The van der Waals surface area contributed by atoms with Crippen molar-refractivity contribution in [1.82, 2.24) is 4.72 Å². The first kappa shape index (κ1) is 20.8. The number of ether oxygens (including phenoxy) is 1. The summed E-state index contributed by atoms with van der Waals surface area (Å²) in [7, 11) is -3.76. The van der Waals surface area contributed by atoms with E-state index in [9.17, 15) is 18.0 Å². The first-order valence-electron chi connectivity index (χ1n) is 9.12. The van der Waals surface area contributed by atoms with E-state index in [1.165, 1.54) is 23.1 Å². The van der Waals surface area contributed by atoms with E-state index < -0.39 is 21.8 Å². The molecule has 29 heavy (non-hydrogen) atoms. The number of amides is 2. The van der Waals surface area contributed by atoms with Crippen LogP contribution in [0.4, 0.5) is 11.4 Å². The molecule has 3 rings (SSSR count). The highest BCUT2D eigenvalue weighted by atomic mass is 32.2. The van der Waals surface area contributed by atoms with Crippen LogP contribution in [0.25, 0.3) is 0 Å². The summed E-state index contributed by atoms with van der Waals surface area (Å²) < 4.78 is 32.8. The molecule has 154 valence electrons. The second-order valence-electron chi connectivity index (χ2n) is 7.09. The first-order chi connectivity index (χ1) is 13.7. The lowest BCUT2D eigenvalue weighted by Crippen LogP contribution is -2.43. The van der Waals surface area contributed by atoms with Gasteiger partial charge in [0.1, 0.15) is 12.3 Å². The summed E-state index contributed by atoms with van der Waals surface area (Å²) in [5.41, 5.74) is 1.85. The summed E-state index contributed by atoms with van der Waals surface area (Å²) in [6.45, 7) is 4.85. The van der Waals surface area contributed by atoms with Crippen LogP contribution in [-0.4, -0.2) is 39.4 Å². The van der Waals surface area contributed by atoms with Gasteiger partial charge in [0, 0.05) is 11.7 Å². The number of carbonyl (C=O) groups excluding carboxylic acids is 2. The van der Waals surface area contributed by atoms with Gasteiger partial charge in [-0.05, 0) is 56.7 Å². The Morgan fingerprint density at radius 1 is 1.21 bits per heavy atom. The third-order valence-corrected chi connectivity index (χ3v) is 5.83. The first-order valence-corrected chi connectivity index (χ1v) is 10.6. The fraction of sp³-hybridized carbons (Fsp3) is 0.300. The fourth-order valence-corrected chi connectivity index (χ4v) is 4.24. The number of carbonyl (C=O) groups is 2. The lowest BCUT2D eigenvalue weighted by molar-refractivity contribution is -0.123. The quantitative estimate of drug-likeness (QED) is 0.748. The van der Waals surface area contributed by atoms with E-state index in [4.69, 9.17) is 4.74 Å². The maximum atomic E-state index is 12.5. The van der Waals surface area contributed by atoms with Crippen molar-refractivity contribution in [2.45, 2.75) is 31.7 Å². The summed E-state index contributed by atoms with van der Waals surface area (Å²) in [5.74, 6) is -0.481. The van der Waals surface area contributed by atoms with Crippen LogP contribution in [0.5, 0.6) is 5.75 Å². The third-order valence-electron chi connectivity index (χ3n) is 4.18. The van der Waals surface area contributed by atoms with Gasteiger partial charge in [-0.1, -0.05) is 12.1 Å². The van der Waals surface area contributed by atoms with Gasteiger partial charge in [-0.25, -0.2) is 13.1 Å². The van der Waals surface area contributed by atoms with Crippen molar-refractivity contribution >= 4 is 33.2 Å². The summed E-state index contributed by atoms with van der Waals surface area (Å²) in [4.78, 5) is 26.1. The lowest BCUT2D eigenvalue weighted by Gasteiger charge is -2.29. The number of sulfonamides is 1. The highest BCUT2D eigenvalue weighted by Crippen LogP contribution is 2.34. The minimum Gasteiger partial charge on any atom is -0.482 e. The molecule has 0 atom stereocenters. The van der Waals surface area contributed by atoms with Gasteiger partial charge in [0.25, 0.3) is 5.91 Å². The monoisotopic (exact) mass is 417 g/mol. The van der Waals surface area contributed by atoms with Crippen LogP contribution >= 0.6 is 0 Å². The molecule has 0 fully saturated rings. The average Bonchev–Trinajstić information content (AvgIpc) is 2.62. The van der Waals surface area contributed by atoms with Crippen molar-refractivity contribution in [2.75, 3.05) is 23.4 Å². The fourth-order valence-electron chi connectivity index (χ4n) is 2.97. The molecule has 0 saturated carbocycles. The van der Waals surface area contributed by atoms with Crippen molar-refractivity contribution < 1.29 is 22.7 Å². The largest absolute Gasteiger partial charge is 0.482 e. The van der Waals surface area contributed by atoms with Gasteiger partial charge < -0.3 is 10.1 Å². The molecule has 2 amide bonds. The van der Waals surface area contributed by atoms with Gasteiger partial charge in [-0.3, -0.25) is 14.5 Å². The number of fused-ring (bicyclic) bond motifs is 1. The van der Waals surface area contributed by atoms with E-state index >= 15 is 0 Å². The normalized spacial score (nSPS) is 13.8. The topological polar surface area (TPSA) is 105 Å². The van der Waals surface area contributed by atoms with E-state index in [-0.39, 0.29) is 29.8 Å². The molecule has 9 heteroatoms. The SMILES string of the molecule is Cc1cccc(NC(=O)CN2C(=O)COc3ccc(S(=O)(=O)NC(C)C)cc32)c1. The van der Waals surface area contributed by atoms with Crippen LogP contribution in [0.3, 0.4) is 0 Å². The molecule has 2 aromatic carbocycles. The van der Waals surface area contributed by atoms with Crippen molar-refractivity contribution in [3.63, 3.8) is 0 Å². The molecular weight excluding hydrogens is 394 g/mol. The van der Waals surface area contributed by atoms with Crippen LogP contribution in [0.1, 0.15) is 19.4 Å². The molecule has 0 radical (unpaired) electrons. The third kappa shape index (κ3) is 4.93. The van der Waals surface area contributed by atoms with Crippen LogP contribution in [-0.2, 0) is 19.6 Å². The van der Waals surface area contributed by atoms with Crippen LogP contribution in [0.15, 0.2) is 47.4 Å². The van der Waals surface area contributed by atoms with E-state index in [1.807, 2.05) is 25.1 Å². The molecule has 8 nitrogen and oxygen atoms in total. The Hall–Kier alpha value is -2.91. The molecule has 2 N–H and O–H groups in total. The molecule has 0 unspecified atom stereocenters. The number of hydrogen-bond acceptors (Lipinski definition) is 5. The molecular formula is C20H23N3O5S. The average molecular weight is 417 g/mol. The second kappa shape index (κ2) is 8.22. The Morgan fingerprint density at radius 2 is 1.97 bits per heavy atom. The zero-order valence-corrected chi connectivity index (χ0v) is 17.2. The maximum Gasteiger partial charge on any atom is 0.265 e. The van der Waals surface area contributed by atoms with Crippen molar-refractivity contribution in [3.8, 4) is 5.75 Å². The van der Waals surface area contributed by atoms with E-state index in [0.717, 1.165) is 5.56 Å². The van der Waals surface area contributed by atoms with Crippen molar-refractivity contribution in [2.24, 2.45) is 0 Å². The number of nitrogens with zero attached hydrogens (tertiary/aromatic N) is 1. The highest BCUT2D eigenvalue weighted by Gasteiger charge is 2.29. The summed E-state index contributed by atoms with van der Waals surface area (Å²) in [6.07, 6.45) is 0. The van der Waals surface area contributed by atoms with Crippen LogP contribution in [0, 0.1) is 6.92 Å². The standard InChI is InChI=1S/C20H23N3O5S/c1-13(2)22-29(26,27)16-7-8-18-17(10-16)23(20(25)12-28-18)11-19(24)21-15-6-4-5-14(3)9-15/h4-10,13,22H,11-12H2,1-3H3,(H,21,24). The Labute approximate surface area is 169 Å². The summed E-state index contributed by atoms with van der Waals surface area (Å²) >= 11 is 0. The second-order valence-corrected chi connectivity index (χ2v) is 8.81. The number of benzene rings is 2. The predicted molar refractivity (Wildman–Crippen MR) is 110 cm³/mol. The lowest BCUT2D eigenvalue weighted by atomic mass is 10.2. The Balaban J connectivity index is 1.86. The molecule has 1 aliphatic rings. The minimum atomic E-state index is -3.76. The van der Waals surface area contributed by atoms with Crippen molar-refractivity contribution in [1.29, 1.82) is 0 Å². The van der Waals surface area contributed by atoms with Gasteiger partial charge in [0.15, 0.2) is 6.61 Å². The minimum absolute atomic E-state index is 0.00709. The Kier molecular flexibility index (Phi) is 5.90. The van der Waals surface area contributed by atoms with Gasteiger partial charge in [-0.15, -0.1) is 0 Å². The zero-order chi connectivity index (χ0) is 21.2. The smallest absolute Gasteiger partial charge is 0.265 e. The molecule has 0 spiro atoms. The maximum absolute atomic E-state index is 12.5. The Morgan fingerprint density at radius 3 is 2.66 bits per heavy atom.